The molecule has 0 aliphatic rings. The van der Waals surface area contributed by atoms with E-state index in [0.29, 0.717) is 0 Å². The zero-order valence-electron chi connectivity index (χ0n) is 9.52. The van der Waals surface area contributed by atoms with Crippen LogP contribution < -0.4 is 5.73 Å². The van der Waals surface area contributed by atoms with Crippen molar-refractivity contribution in [2.45, 2.75) is 17.9 Å². The second kappa shape index (κ2) is 6.05. The van der Waals surface area contributed by atoms with Crippen LogP contribution >= 0.6 is 39.0 Å². The van der Waals surface area contributed by atoms with Crippen molar-refractivity contribution < 1.29 is 0 Å². The fourth-order valence-electron chi connectivity index (χ4n) is 1.48. The van der Waals surface area contributed by atoms with Crippen molar-refractivity contribution in [3.63, 3.8) is 0 Å². The smallest absolute Gasteiger partial charge is 0.0485 e. The first kappa shape index (κ1) is 13.1. The largest absolute Gasteiger partial charge is 0.323 e. The van der Waals surface area contributed by atoms with Crippen LogP contribution in [0.25, 0.3) is 0 Å². The second-order valence-electron chi connectivity index (χ2n) is 3.80. The molecule has 1 heterocycles. The van der Waals surface area contributed by atoms with Gasteiger partial charge in [0.1, 0.15) is 0 Å². The predicted octanol–water partition coefficient (Wildman–Crippen LogP) is 4.61. The first-order chi connectivity index (χ1) is 8.16. The molecule has 2 aromatic rings. The van der Waals surface area contributed by atoms with Crippen LogP contribution in [-0.2, 0) is 0 Å². The summed E-state index contributed by atoms with van der Waals surface area (Å²) in [5.41, 5.74) is 6.18. The third kappa shape index (κ3) is 3.58. The van der Waals surface area contributed by atoms with E-state index < -0.39 is 0 Å². The van der Waals surface area contributed by atoms with Crippen LogP contribution in [-0.4, -0.2) is 5.75 Å². The van der Waals surface area contributed by atoms with Gasteiger partial charge in [0.25, 0.3) is 0 Å². The molecule has 0 aliphatic heterocycles. The van der Waals surface area contributed by atoms with Gasteiger partial charge in [-0.3, -0.25) is 0 Å². The Morgan fingerprint density at radius 1 is 1.29 bits per heavy atom. The molecule has 1 aromatic carbocycles. The summed E-state index contributed by atoms with van der Waals surface area (Å²) in [6, 6.07) is 12.6. The SMILES string of the molecule is Cc1ccc(C(N)CSc2ccccc2Br)s1. The predicted molar refractivity (Wildman–Crippen MR) is 80.9 cm³/mol. The van der Waals surface area contributed by atoms with Gasteiger partial charge >= 0.3 is 0 Å². The molecule has 2 rings (SSSR count). The fraction of sp³-hybridized carbons (Fsp3) is 0.231. The number of hydrogen-bond donors (Lipinski definition) is 1. The molecule has 0 saturated heterocycles. The molecule has 0 amide bonds. The summed E-state index contributed by atoms with van der Waals surface area (Å²) in [6.45, 7) is 2.11. The van der Waals surface area contributed by atoms with Gasteiger partial charge in [-0.2, -0.15) is 0 Å². The summed E-state index contributed by atoms with van der Waals surface area (Å²) >= 11 is 7.13. The normalized spacial score (nSPS) is 12.6. The Morgan fingerprint density at radius 3 is 2.71 bits per heavy atom. The number of halogens is 1. The molecule has 17 heavy (non-hydrogen) atoms. The molecule has 0 spiro atoms. The average Bonchev–Trinajstić information content (AvgIpc) is 2.74. The molecule has 2 N–H and O–H groups in total. The standard InChI is InChI=1S/C13H14BrNS2/c1-9-6-7-13(17-9)11(15)8-16-12-5-3-2-4-10(12)14/h2-7,11H,8,15H2,1H3. The molecule has 4 heteroatoms. The zero-order chi connectivity index (χ0) is 12.3. The minimum atomic E-state index is 0.116. The van der Waals surface area contributed by atoms with Gasteiger partial charge in [0.2, 0.25) is 0 Å². The maximum atomic E-state index is 6.18. The van der Waals surface area contributed by atoms with Crippen LogP contribution in [0, 0.1) is 6.92 Å². The Morgan fingerprint density at radius 2 is 2.06 bits per heavy atom. The Balaban J connectivity index is 1.97. The molecule has 0 saturated carbocycles. The summed E-state index contributed by atoms with van der Waals surface area (Å²) in [5, 5.41) is 0. The van der Waals surface area contributed by atoms with Gasteiger partial charge in [0.15, 0.2) is 0 Å². The Kier molecular flexibility index (Phi) is 4.68. The van der Waals surface area contributed by atoms with Crippen molar-refractivity contribution in [2.24, 2.45) is 5.73 Å². The van der Waals surface area contributed by atoms with E-state index in [-0.39, 0.29) is 6.04 Å². The van der Waals surface area contributed by atoms with Crippen LogP contribution in [0.3, 0.4) is 0 Å². The molecule has 90 valence electrons. The third-order valence-corrected chi connectivity index (χ3v) is 5.66. The van der Waals surface area contributed by atoms with E-state index in [1.54, 1.807) is 23.1 Å². The Hall–Kier alpha value is -0.290. The van der Waals surface area contributed by atoms with Crippen molar-refractivity contribution in [3.8, 4) is 0 Å². The number of benzene rings is 1. The summed E-state index contributed by atoms with van der Waals surface area (Å²) in [6.07, 6.45) is 0. The highest BCUT2D eigenvalue weighted by Crippen LogP contribution is 2.31. The Labute approximate surface area is 119 Å². The first-order valence-electron chi connectivity index (χ1n) is 5.36. The van der Waals surface area contributed by atoms with Gasteiger partial charge in [0, 0.05) is 30.9 Å². The molecular weight excluding hydrogens is 314 g/mol. The number of aryl methyl sites for hydroxylation is 1. The van der Waals surface area contributed by atoms with E-state index in [9.17, 15) is 0 Å². The third-order valence-electron chi connectivity index (χ3n) is 2.38. The van der Waals surface area contributed by atoms with Gasteiger partial charge < -0.3 is 5.73 Å². The lowest BCUT2D eigenvalue weighted by molar-refractivity contribution is 0.852. The number of rotatable bonds is 4. The molecule has 0 fully saturated rings. The van der Waals surface area contributed by atoms with Gasteiger partial charge in [-0.15, -0.1) is 23.1 Å². The molecular formula is C13H14BrNS2. The molecule has 0 bridgehead atoms. The molecule has 1 aromatic heterocycles. The van der Waals surface area contributed by atoms with Crippen LogP contribution in [0.15, 0.2) is 45.8 Å². The molecule has 1 atom stereocenters. The maximum Gasteiger partial charge on any atom is 0.0485 e. The fourth-order valence-corrected chi connectivity index (χ4v) is 4.01. The van der Waals surface area contributed by atoms with Crippen LogP contribution in [0.5, 0.6) is 0 Å². The van der Waals surface area contributed by atoms with Gasteiger partial charge in [0.05, 0.1) is 0 Å². The van der Waals surface area contributed by atoms with Crippen LogP contribution in [0.1, 0.15) is 15.8 Å². The average molecular weight is 328 g/mol. The van der Waals surface area contributed by atoms with Crippen LogP contribution in [0.4, 0.5) is 0 Å². The molecule has 1 nitrogen and oxygen atoms in total. The number of thiophene rings is 1. The van der Waals surface area contributed by atoms with Gasteiger partial charge in [-0.05, 0) is 47.1 Å². The zero-order valence-corrected chi connectivity index (χ0v) is 12.7. The van der Waals surface area contributed by atoms with Crippen LogP contribution in [0.2, 0.25) is 0 Å². The van der Waals surface area contributed by atoms with Crippen molar-refractivity contribution in [1.29, 1.82) is 0 Å². The van der Waals surface area contributed by atoms with Gasteiger partial charge in [-0.25, -0.2) is 0 Å². The van der Waals surface area contributed by atoms with E-state index >= 15 is 0 Å². The number of thioether (sulfide) groups is 1. The summed E-state index contributed by atoms with van der Waals surface area (Å²) < 4.78 is 1.14. The number of hydrogen-bond acceptors (Lipinski definition) is 3. The molecule has 0 radical (unpaired) electrons. The van der Waals surface area contributed by atoms with E-state index in [2.05, 4.69) is 47.1 Å². The highest BCUT2D eigenvalue weighted by atomic mass is 79.9. The molecule has 0 aliphatic carbocycles. The highest BCUT2D eigenvalue weighted by Gasteiger charge is 2.09. The highest BCUT2D eigenvalue weighted by molar-refractivity contribution is 9.10. The van der Waals surface area contributed by atoms with Crippen molar-refractivity contribution in [3.05, 3.63) is 50.6 Å². The Bertz CT molecular complexity index is 496. The lowest BCUT2D eigenvalue weighted by atomic mass is 10.3. The van der Waals surface area contributed by atoms with E-state index in [0.717, 1.165) is 10.2 Å². The number of nitrogens with two attached hydrogens (primary N) is 1. The summed E-state index contributed by atoms with van der Waals surface area (Å²) in [5.74, 6) is 0.905. The summed E-state index contributed by atoms with van der Waals surface area (Å²) in [7, 11) is 0. The summed E-state index contributed by atoms with van der Waals surface area (Å²) in [4.78, 5) is 3.83. The van der Waals surface area contributed by atoms with Crippen molar-refractivity contribution in [2.75, 3.05) is 5.75 Å². The van der Waals surface area contributed by atoms with Gasteiger partial charge in [-0.1, -0.05) is 12.1 Å². The topological polar surface area (TPSA) is 26.0 Å². The minimum Gasteiger partial charge on any atom is -0.323 e. The monoisotopic (exact) mass is 327 g/mol. The van der Waals surface area contributed by atoms with E-state index in [4.69, 9.17) is 5.73 Å². The first-order valence-corrected chi connectivity index (χ1v) is 7.95. The quantitative estimate of drug-likeness (QED) is 0.830. The lowest BCUT2D eigenvalue weighted by Gasteiger charge is -2.10. The minimum absolute atomic E-state index is 0.116. The molecule has 1 unspecified atom stereocenters. The second-order valence-corrected chi connectivity index (χ2v) is 7.03. The van der Waals surface area contributed by atoms with E-state index in [1.165, 1.54) is 14.6 Å². The lowest BCUT2D eigenvalue weighted by Crippen LogP contribution is -2.11. The maximum absolute atomic E-state index is 6.18. The van der Waals surface area contributed by atoms with Crippen molar-refractivity contribution in [1.82, 2.24) is 0 Å². The van der Waals surface area contributed by atoms with E-state index in [1.807, 2.05) is 12.1 Å². The van der Waals surface area contributed by atoms with Crippen molar-refractivity contribution >= 4 is 39.0 Å².